The summed E-state index contributed by atoms with van der Waals surface area (Å²) >= 11 is 11.0. The molecule has 57 heavy (non-hydrogen) atoms. The van der Waals surface area contributed by atoms with Crippen molar-refractivity contribution in [1.29, 1.82) is 0 Å². The maximum absolute atomic E-state index is 13.5. The number of carboxylic acids is 2. The predicted molar refractivity (Wildman–Crippen MR) is 233 cm³/mol. The zero-order valence-corrected chi connectivity index (χ0v) is 37.1. The van der Waals surface area contributed by atoms with Crippen molar-refractivity contribution >= 4 is 104 Å². The van der Waals surface area contributed by atoms with Gasteiger partial charge in [0.1, 0.15) is 36.9 Å². The quantitative estimate of drug-likeness (QED) is 0.0623. The third-order valence-electron chi connectivity index (χ3n) is 8.03. The van der Waals surface area contributed by atoms with Crippen LogP contribution in [0.2, 0.25) is 0 Å². The standard InChI is InChI=1S/C38H46O12S7/c1-25(37(41)42)19-33(39)49-29(23-51-13-11-35-53-15-16-54-35)21-47-27-3-7-31(8-4-27)57(45,46)32-9-5-28(6-10-32)48-22-30(50-34(40)20-26(2)38(43)44)24-52-14-12-36-55-17-18-56-36/h3-10,19-20,29-30,35-36H,11-18,21-24H2,1-2H3,(H,41,42)(H,43,44)/b25-19-,26-20-. The molecule has 0 saturated carbocycles. The summed E-state index contributed by atoms with van der Waals surface area (Å²) in [5.74, 6) is 3.89. The number of aliphatic carboxylic acids is 2. The Morgan fingerprint density at radius 1 is 0.667 bits per heavy atom. The summed E-state index contributed by atoms with van der Waals surface area (Å²) in [6.45, 7) is 2.58. The molecule has 19 heteroatoms. The van der Waals surface area contributed by atoms with Crippen molar-refractivity contribution in [2.24, 2.45) is 0 Å². The molecule has 2 unspecified atom stereocenters. The van der Waals surface area contributed by atoms with E-state index in [0.29, 0.717) is 32.2 Å². The number of hydrogen-bond acceptors (Lipinski definition) is 16. The van der Waals surface area contributed by atoms with Gasteiger partial charge in [-0.2, -0.15) is 23.5 Å². The molecule has 2 aliphatic heterocycles. The minimum atomic E-state index is -3.92. The summed E-state index contributed by atoms with van der Waals surface area (Å²) in [4.78, 5) is 47.3. The van der Waals surface area contributed by atoms with Gasteiger partial charge >= 0.3 is 23.9 Å². The lowest BCUT2D eigenvalue weighted by atomic mass is 10.3. The molecule has 0 radical (unpaired) electrons. The van der Waals surface area contributed by atoms with E-state index in [2.05, 4.69) is 0 Å². The highest BCUT2D eigenvalue weighted by atomic mass is 32.2. The van der Waals surface area contributed by atoms with Crippen LogP contribution in [0.5, 0.6) is 11.5 Å². The zero-order chi connectivity index (χ0) is 41.2. The molecule has 2 saturated heterocycles. The summed E-state index contributed by atoms with van der Waals surface area (Å²) in [6.07, 6.45) is 2.54. The van der Waals surface area contributed by atoms with Crippen LogP contribution in [0.3, 0.4) is 0 Å². The van der Waals surface area contributed by atoms with E-state index < -0.39 is 45.9 Å². The van der Waals surface area contributed by atoms with Crippen LogP contribution in [-0.4, -0.2) is 123 Å². The fourth-order valence-corrected chi connectivity index (χ4v) is 14.5. The van der Waals surface area contributed by atoms with E-state index in [9.17, 15) is 27.6 Å². The number of esters is 2. The largest absolute Gasteiger partial charge is 0.490 e. The molecule has 0 bridgehead atoms. The third-order valence-corrected chi connectivity index (χ3v) is 18.4. The van der Waals surface area contributed by atoms with E-state index in [0.717, 1.165) is 59.5 Å². The maximum atomic E-state index is 13.5. The van der Waals surface area contributed by atoms with Gasteiger partial charge < -0.3 is 29.2 Å². The molecule has 0 amide bonds. The summed E-state index contributed by atoms with van der Waals surface area (Å²) in [5.41, 5.74) is -0.296. The van der Waals surface area contributed by atoms with Gasteiger partial charge in [-0.05, 0) is 86.7 Å². The summed E-state index contributed by atoms with van der Waals surface area (Å²) in [5, 5.41) is 18.2. The van der Waals surface area contributed by atoms with Crippen molar-refractivity contribution < 1.29 is 56.8 Å². The summed E-state index contributed by atoms with van der Waals surface area (Å²) in [7, 11) is -3.92. The van der Waals surface area contributed by atoms with Gasteiger partial charge in [0.15, 0.2) is 0 Å². The number of thioether (sulfide) groups is 6. The normalized spacial score (nSPS) is 16.5. The highest BCUT2D eigenvalue weighted by molar-refractivity contribution is 8.20. The molecular weight excluding hydrogens is 873 g/mol. The Bertz CT molecular complexity index is 1680. The Labute approximate surface area is 359 Å². The van der Waals surface area contributed by atoms with Crippen molar-refractivity contribution in [1.82, 2.24) is 0 Å². The molecule has 2 atom stereocenters. The second-order valence-corrected chi connectivity index (χ2v) is 22.6. The van der Waals surface area contributed by atoms with E-state index >= 15 is 0 Å². The molecule has 2 N–H and O–H groups in total. The lowest BCUT2D eigenvalue weighted by Crippen LogP contribution is -2.27. The summed E-state index contributed by atoms with van der Waals surface area (Å²) < 4.78 is 50.9. The topological polar surface area (TPSA) is 180 Å². The van der Waals surface area contributed by atoms with Crippen molar-refractivity contribution in [3.63, 3.8) is 0 Å². The molecule has 0 aromatic heterocycles. The minimum Gasteiger partial charge on any atom is -0.490 e. The first-order valence-electron chi connectivity index (χ1n) is 17.9. The van der Waals surface area contributed by atoms with Crippen molar-refractivity contribution in [2.45, 2.75) is 57.9 Å². The van der Waals surface area contributed by atoms with Gasteiger partial charge in [-0.15, -0.1) is 47.0 Å². The van der Waals surface area contributed by atoms with Gasteiger partial charge in [0, 0.05) is 57.8 Å². The van der Waals surface area contributed by atoms with Crippen LogP contribution in [0.1, 0.15) is 26.7 Å². The van der Waals surface area contributed by atoms with E-state index in [1.165, 1.54) is 62.4 Å². The number of carboxylic acid groups (broad SMARTS) is 2. The zero-order valence-electron chi connectivity index (χ0n) is 31.4. The molecule has 2 aliphatic rings. The van der Waals surface area contributed by atoms with Gasteiger partial charge in [0.05, 0.1) is 19.0 Å². The predicted octanol–water partition coefficient (Wildman–Crippen LogP) is 7.02. The fourth-order valence-electron chi connectivity index (χ4n) is 4.99. The maximum Gasteiger partial charge on any atom is 0.331 e. The molecular formula is C38H46O12S7. The highest BCUT2D eigenvalue weighted by Crippen LogP contribution is 2.36. The van der Waals surface area contributed by atoms with Crippen molar-refractivity contribution in [3.05, 3.63) is 71.8 Å². The number of carbonyl (C=O) groups excluding carboxylic acids is 2. The Hall–Kier alpha value is -2.55. The molecule has 312 valence electrons. The molecule has 2 aromatic carbocycles. The summed E-state index contributed by atoms with van der Waals surface area (Å²) in [6, 6.07) is 11.7. The third kappa shape index (κ3) is 16.9. The van der Waals surface area contributed by atoms with Crippen LogP contribution in [0.4, 0.5) is 0 Å². The number of hydrogen-bond donors (Lipinski definition) is 2. The van der Waals surface area contributed by atoms with E-state index in [1.54, 1.807) is 23.5 Å². The SMILES string of the molecule is C/C(=C/C(=O)OC(COc1ccc(S(=O)(=O)c2ccc(OCC(CSCCC3SCCS3)OC(=O)/C=C(/C)C(=O)O)cc2)cc1)CSCCC1SCCS1)C(=O)O. The van der Waals surface area contributed by atoms with E-state index in [4.69, 9.17) is 29.2 Å². The molecule has 12 nitrogen and oxygen atoms in total. The van der Waals surface area contributed by atoms with Gasteiger partial charge in [0.25, 0.3) is 0 Å². The first-order valence-corrected chi connectivity index (χ1v) is 25.9. The minimum absolute atomic E-state index is 0.0185. The molecule has 2 aromatic rings. The Kier molecular flexibility index (Phi) is 20.3. The number of sulfone groups is 1. The molecule has 4 rings (SSSR count). The van der Waals surface area contributed by atoms with Crippen LogP contribution in [0.15, 0.2) is 81.6 Å². The average molecular weight is 919 g/mol. The van der Waals surface area contributed by atoms with Gasteiger partial charge in [-0.25, -0.2) is 27.6 Å². The molecule has 2 heterocycles. The number of carbonyl (C=O) groups is 4. The van der Waals surface area contributed by atoms with Crippen molar-refractivity contribution in [3.8, 4) is 11.5 Å². The second kappa shape index (κ2) is 24.5. The highest BCUT2D eigenvalue weighted by Gasteiger charge is 2.22. The Balaban J connectivity index is 1.32. The number of benzene rings is 2. The van der Waals surface area contributed by atoms with Crippen LogP contribution >= 0.6 is 70.6 Å². The van der Waals surface area contributed by atoms with Crippen molar-refractivity contribution in [2.75, 3.05) is 59.2 Å². The van der Waals surface area contributed by atoms with Crippen LogP contribution in [-0.2, 0) is 38.5 Å². The first kappa shape index (κ1) is 47.1. The Morgan fingerprint density at radius 3 is 1.35 bits per heavy atom. The lowest BCUT2D eigenvalue weighted by molar-refractivity contribution is -0.144. The van der Waals surface area contributed by atoms with Crippen LogP contribution in [0.25, 0.3) is 0 Å². The first-order chi connectivity index (χ1) is 27.3. The van der Waals surface area contributed by atoms with Gasteiger partial charge in [-0.3, -0.25) is 0 Å². The molecule has 0 spiro atoms. The van der Waals surface area contributed by atoms with E-state index in [1.807, 2.05) is 47.0 Å². The van der Waals surface area contributed by atoms with E-state index in [-0.39, 0.29) is 34.2 Å². The fraction of sp³-hybridized carbons (Fsp3) is 0.474. The monoisotopic (exact) mass is 918 g/mol. The Morgan fingerprint density at radius 2 is 1.02 bits per heavy atom. The van der Waals surface area contributed by atoms with Crippen LogP contribution < -0.4 is 9.47 Å². The molecule has 0 aliphatic carbocycles. The number of ether oxygens (including phenoxy) is 4. The van der Waals surface area contributed by atoms with Gasteiger partial charge in [0.2, 0.25) is 9.84 Å². The van der Waals surface area contributed by atoms with Gasteiger partial charge in [-0.1, -0.05) is 0 Å². The van der Waals surface area contributed by atoms with Crippen LogP contribution in [0, 0.1) is 0 Å². The average Bonchev–Trinajstić information content (AvgIpc) is 3.91. The lowest BCUT2D eigenvalue weighted by Gasteiger charge is -2.18. The number of rotatable bonds is 24. The molecule has 2 fully saturated rings. The smallest absolute Gasteiger partial charge is 0.331 e. The second-order valence-electron chi connectivity index (χ2n) is 12.5.